The highest BCUT2D eigenvalue weighted by Gasteiger charge is 2.12. The molecule has 0 radical (unpaired) electrons. The summed E-state index contributed by atoms with van der Waals surface area (Å²) in [7, 11) is 0. The van der Waals surface area contributed by atoms with Gasteiger partial charge in [0.05, 0.1) is 23.8 Å². The molecule has 130 valence electrons. The second-order valence-corrected chi connectivity index (χ2v) is 7.62. The zero-order valence-electron chi connectivity index (χ0n) is 14.4. The molecule has 0 N–H and O–H groups in total. The monoisotopic (exact) mass is 379 g/mol. The lowest BCUT2D eigenvalue weighted by Gasteiger charge is -2.09. The molecule has 0 unspecified atom stereocenters. The third-order valence-corrected chi connectivity index (χ3v) is 5.56. The van der Waals surface area contributed by atoms with E-state index in [0.29, 0.717) is 0 Å². The number of pyridine rings is 1. The van der Waals surface area contributed by atoms with Crippen LogP contribution in [0.4, 0.5) is 0 Å². The molecule has 0 aliphatic heterocycles. The normalized spacial score (nSPS) is 11.2. The molecule has 2 aromatic heterocycles. The van der Waals surface area contributed by atoms with Gasteiger partial charge in [0.15, 0.2) is 5.16 Å². The zero-order valence-corrected chi connectivity index (χ0v) is 16.0. The summed E-state index contributed by atoms with van der Waals surface area (Å²) in [6.45, 7) is 2.85. The van der Waals surface area contributed by atoms with Gasteiger partial charge in [-0.3, -0.25) is 4.98 Å². The number of hydrogen-bond acceptors (Lipinski definition) is 3. The number of halogens is 1. The minimum absolute atomic E-state index is 0.746. The fourth-order valence-electron chi connectivity index (χ4n) is 2.82. The van der Waals surface area contributed by atoms with E-state index >= 15 is 0 Å². The standard InChI is InChI=1S/C21H18ClN3S/c1-15-2-4-17(5-3-15)14-26-21-24-19-10-11-23-12-20(19)25(21)13-16-6-8-18(22)9-7-16/h2-12H,13-14H2,1H3. The minimum atomic E-state index is 0.746. The lowest BCUT2D eigenvalue weighted by molar-refractivity contribution is 0.730. The van der Waals surface area contributed by atoms with Crippen molar-refractivity contribution in [1.29, 1.82) is 0 Å². The second kappa shape index (κ2) is 7.52. The summed E-state index contributed by atoms with van der Waals surface area (Å²) in [6.07, 6.45) is 3.67. The van der Waals surface area contributed by atoms with Gasteiger partial charge in [-0.05, 0) is 36.2 Å². The van der Waals surface area contributed by atoms with Gasteiger partial charge in [-0.1, -0.05) is 65.3 Å². The van der Waals surface area contributed by atoms with Crippen molar-refractivity contribution in [2.45, 2.75) is 24.4 Å². The van der Waals surface area contributed by atoms with Gasteiger partial charge in [0.25, 0.3) is 0 Å². The summed E-state index contributed by atoms with van der Waals surface area (Å²) in [5, 5.41) is 1.75. The number of aromatic nitrogens is 3. The summed E-state index contributed by atoms with van der Waals surface area (Å²) in [5.74, 6) is 0.887. The molecule has 0 aliphatic carbocycles. The maximum absolute atomic E-state index is 6.02. The van der Waals surface area contributed by atoms with Crippen LogP contribution in [0.1, 0.15) is 16.7 Å². The highest BCUT2D eigenvalue weighted by molar-refractivity contribution is 7.98. The molecule has 0 fully saturated rings. The molecular formula is C21H18ClN3S. The summed E-state index contributed by atoms with van der Waals surface area (Å²) in [6, 6.07) is 18.6. The molecule has 2 heterocycles. The Balaban J connectivity index is 1.64. The molecule has 0 bridgehead atoms. The molecule has 4 aromatic rings. The molecular weight excluding hydrogens is 362 g/mol. The van der Waals surface area contributed by atoms with E-state index in [0.717, 1.165) is 33.5 Å². The molecule has 0 saturated carbocycles. The van der Waals surface area contributed by atoms with Gasteiger partial charge in [-0.25, -0.2) is 4.98 Å². The third kappa shape index (κ3) is 3.76. The molecule has 0 amide bonds. The Bertz CT molecular complexity index is 1020. The Hall–Kier alpha value is -2.30. The van der Waals surface area contributed by atoms with Gasteiger partial charge in [0.2, 0.25) is 0 Å². The van der Waals surface area contributed by atoms with E-state index in [4.69, 9.17) is 16.6 Å². The van der Waals surface area contributed by atoms with Crippen molar-refractivity contribution < 1.29 is 0 Å². The van der Waals surface area contributed by atoms with E-state index in [1.807, 2.05) is 24.4 Å². The van der Waals surface area contributed by atoms with Crippen LogP contribution >= 0.6 is 23.4 Å². The van der Waals surface area contributed by atoms with E-state index < -0.39 is 0 Å². The Morgan fingerprint density at radius 1 is 0.962 bits per heavy atom. The molecule has 3 nitrogen and oxygen atoms in total. The lowest BCUT2D eigenvalue weighted by atomic mass is 10.2. The van der Waals surface area contributed by atoms with E-state index in [9.17, 15) is 0 Å². The van der Waals surface area contributed by atoms with Crippen LogP contribution in [0.25, 0.3) is 11.0 Å². The summed E-state index contributed by atoms with van der Waals surface area (Å²) >= 11 is 7.77. The number of thioether (sulfide) groups is 1. The number of rotatable bonds is 5. The van der Waals surface area contributed by atoms with Gasteiger partial charge in [-0.15, -0.1) is 0 Å². The van der Waals surface area contributed by atoms with Crippen LogP contribution < -0.4 is 0 Å². The molecule has 26 heavy (non-hydrogen) atoms. The number of benzene rings is 2. The fraction of sp³-hybridized carbons (Fsp3) is 0.143. The maximum atomic E-state index is 6.02. The Morgan fingerprint density at radius 2 is 1.69 bits per heavy atom. The van der Waals surface area contributed by atoms with Crippen LogP contribution in [0, 0.1) is 6.92 Å². The van der Waals surface area contributed by atoms with Crippen LogP contribution in [0.15, 0.2) is 72.1 Å². The summed E-state index contributed by atoms with van der Waals surface area (Å²) in [4.78, 5) is 9.10. The van der Waals surface area contributed by atoms with Gasteiger partial charge < -0.3 is 4.57 Å². The van der Waals surface area contributed by atoms with Crippen molar-refractivity contribution in [2.75, 3.05) is 0 Å². The Labute approximate surface area is 162 Å². The number of hydrogen-bond donors (Lipinski definition) is 0. The Morgan fingerprint density at radius 3 is 2.46 bits per heavy atom. The lowest BCUT2D eigenvalue weighted by Crippen LogP contribution is -2.01. The first-order valence-electron chi connectivity index (χ1n) is 8.42. The molecule has 4 rings (SSSR count). The number of fused-ring (bicyclic) bond motifs is 1. The number of imidazole rings is 1. The first kappa shape index (κ1) is 17.1. The topological polar surface area (TPSA) is 30.7 Å². The molecule has 0 aliphatic rings. The maximum Gasteiger partial charge on any atom is 0.169 e. The van der Waals surface area contributed by atoms with E-state index in [2.05, 4.69) is 52.9 Å². The number of aryl methyl sites for hydroxylation is 1. The van der Waals surface area contributed by atoms with E-state index in [-0.39, 0.29) is 0 Å². The highest BCUT2D eigenvalue weighted by Crippen LogP contribution is 2.27. The van der Waals surface area contributed by atoms with Crippen molar-refractivity contribution in [2.24, 2.45) is 0 Å². The molecule has 5 heteroatoms. The molecule has 0 saturated heterocycles. The average molecular weight is 380 g/mol. The first-order chi connectivity index (χ1) is 12.7. The smallest absolute Gasteiger partial charge is 0.169 e. The van der Waals surface area contributed by atoms with E-state index in [1.165, 1.54) is 16.7 Å². The minimum Gasteiger partial charge on any atom is -0.313 e. The van der Waals surface area contributed by atoms with Gasteiger partial charge >= 0.3 is 0 Å². The zero-order chi connectivity index (χ0) is 17.9. The predicted octanol–water partition coefficient (Wildman–Crippen LogP) is 5.73. The highest BCUT2D eigenvalue weighted by atomic mass is 35.5. The third-order valence-electron chi connectivity index (χ3n) is 4.26. The van der Waals surface area contributed by atoms with Gasteiger partial charge in [0, 0.05) is 17.0 Å². The fourth-order valence-corrected chi connectivity index (χ4v) is 3.91. The molecule has 0 spiro atoms. The van der Waals surface area contributed by atoms with Gasteiger partial charge in [0.1, 0.15) is 0 Å². The van der Waals surface area contributed by atoms with Crippen LogP contribution in [0.2, 0.25) is 5.02 Å². The van der Waals surface area contributed by atoms with Crippen molar-refractivity contribution in [1.82, 2.24) is 14.5 Å². The predicted molar refractivity (Wildman–Crippen MR) is 109 cm³/mol. The number of nitrogens with zero attached hydrogens (tertiary/aromatic N) is 3. The molecule has 2 aromatic carbocycles. The van der Waals surface area contributed by atoms with E-state index in [1.54, 1.807) is 18.0 Å². The van der Waals surface area contributed by atoms with Crippen LogP contribution in [0.5, 0.6) is 0 Å². The molecule has 0 atom stereocenters. The van der Waals surface area contributed by atoms with Crippen molar-refractivity contribution in [3.05, 3.63) is 88.7 Å². The van der Waals surface area contributed by atoms with Crippen LogP contribution in [-0.2, 0) is 12.3 Å². The summed E-state index contributed by atoms with van der Waals surface area (Å²) < 4.78 is 2.23. The average Bonchev–Trinajstić information content (AvgIpc) is 3.01. The van der Waals surface area contributed by atoms with Gasteiger partial charge in [-0.2, -0.15) is 0 Å². The quantitative estimate of drug-likeness (QED) is 0.414. The summed E-state index contributed by atoms with van der Waals surface area (Å²) in [5.41, 5.74) is 5.78. The first-order valence-corrected chi connectivity index (χ1v) is 9.78. The van der Waals surface area contributed by atoms with Crippen LogP contribution in [-0.4, -0.2) is 14.5 Å². The SMILES string of the molecule is Cc1ccc(CSc2nc3ccncc3n2Cc2ccc(Cl)cc2)cc1. The largest absolute Gasteiger partial charge is 0.313 e. The second-order valence-electron chi connectivity index (χ2n) is 6.25. The van der Waals surface area contributed by atoms with Crippen molar-refractivity contribution >= 4 is 34.4 Å². The van der Waals surface area contributed by atoms with Crippen molar-refractivity contribution in [3.63, 3.8) is 0 Å². The van der Waals surface area contributed by atoms with Crippen molar-refractivity contribution in [3.8, 4) is 0 Å². The van der Waals surface area contributed by atoms with Crippen LogP contribution in [0.3, 0.4) is 0 Å². The Kier molecular flexibility index (Phi) is 4.96.